The monoisotopic (exact) mass is 300 g/mol. The highest BCUT2D eigenvalue weighted by molar-refractivity contribution is 6.49. The lowest BCUT2D eigenvalue weighted by Gasteiger charge is -2.12. The fraction of sp³-hybridized carbons (Fsp3) is 0.143. The summed E-state index contributed by atoms with van der Waals surface area (Å²) >= 11 is 18.5. The zero-order valence-electron chi connectivity index (χ0n) is 9.71. The zero-order valence-corrected chi connectivity index (χ0v) is 12.0. The van der Waals surface area contributed by atoms with Gasteiger partial charge in [0.2, 0.25) is 0 Å². The molecule has 0 spiro atoms. The molecule has 94 valence electrons. The first-order chi connectivity index (χ1) is 8.65. The summed E-state index contributed by atoms with van der Waals surface area (Å²) in [6.07, 6.45) is 0. The van der Waals surface area contributed by atoms with E-state index in [0.717, 1.165) is 11.1 Å². The van der Waals surface area contributed by atoms with E-state index < -0.39 is 0 Å². The zero-order chi connectivity index (χ0) is 13.1. The second-order valence-corrected chi connectivity index (χ2v) is 4.80. The molecule has 0 saturated heterocycles. The van der Waals surface area contributed by atoms with E-state index in [1.807, 2.05) is 43.3 Å². The second kappa shape index (κ2) is 5.83. The van der Waals surface area contributed by atoms with Crippen LogP contribution in [0.15, 0.2) is 36.4 Å². The Morgan fingerprint density at radius 3 is 2.22 bits per heavy atom. The van der Waals surface area contributed by atoms with Crippen LogP contribution in [0.1, 0.15) is 6.92 Å². The van der Waals surface area contributed by atoms with Gasteiger partial charge in [-0.15, -0.1) is 0 Å². The summed E-state index contributed by atoms with van der Waals surface area (Å²) < 4.78 is 5.46. The third-order valence-electron chi connectivity index (χ3n) is 2.50. The average molecular weight is 302 g/mol. The van der Waals surface area contributed by atoms with Crippen LogP contribution in [0.4, 0.5) is 0 Å². The van der Waals surface area contributed by atoms with Crippen LogP contribution in [0.5, 0.6) is 5.75 Å². The Labute approximate surface area is 121 Å². The van der Waals surface area contributed by atoms with Gasteiger partial charge in [0.1, 0.15) is 10.8 Å². The van der Waals surface area contributed by atoms with E-state index >= 15 is 0 Å². The summed E-state index contributed by atoms with van der Waals surface area (Å²) in [5.41, 5.74) is 1.79. The van der Waals surface area contributed by atoms with E-state index in [9.17, 15) is 0 Å². The van der Waals surface area contributed by atoms with Gasteiger partial charge >= 0.3 is 0 Å². The van der Waals surface area contributed by atoms with Gasteiger partial charge in [-0.3, -0.25) is 0 Å². The fourth-order valence-electron chi connectivity index (χ4n) is 1.67. The molecule has 0 aliphatic carbocycles. The van der Waals surface area contributed by atoms with Crippen LogP contribution >= 0.6 is 34.8 Å². The SMILES string of the molecule is CCOc1cc(-c2ccccc2)c(Cl)c(Cl)c1Cl. The summed E-state index contributed by atoms with van der Waals surface area (Å²) in [6.45, 7) is 2.41. The van der Waals surface area contributed by atoms with E-state index in [0.29, 0.717) is 27.4 Å². The number of benzene rings is 2. The van der Waals surface area contributed by atoms with Crippen molar-refractivity contribution in [3.63, 3.8) is 0 Å². The topological polar surface area (TPSA) is 9.23 Å². The molecule has 0 aromatic heterocycles. The first-order valence-electron chi connectivity index (χ1n) is 5.50. The maximum Gasteiger partial charge on any atom is 0.140 e. The van der Waals surface area contributed by atoms with Crippen molar-refractivity contribution in [1.82, 2.24) is 0 Å². The number of rotatable bonds is 3. The molecule has 2 aromatic rings. The van der Waals surface area contributed by atoms with E-state index in [1.54, 1.807) is 0 Å². The quantitative estimate of drug-likeness (QED) is 0.659. The summed E-state index contributed by atoms with van der Waals surface area (Å²) in [4.78, 5) is 0. The van der Waals surface area contributed by atoms with Crippen molar-refractivity contribution >= 4 is 34.8 Å². The molecule has 0 N–H and O–H groups in total. The normalized spacial score (nSPS) is 10.4. The molecule has 0 amide bonds. The van der Waals surface area contributed by atoms with Gasteiger partial charge in [-0.1, -0.05) is 65.1 Å². The molecule has 4 heteroatoms. The van der Waals surface area contributed by atoms with Crippen molar-refractivity contribution in [2.75, 3.05) is 6.61 Å². The molecule has 0 heterocycles. The molecule has 0 atom stereocenters. The molecule has 0 radical (unpaired) electrons. The Hall–Kier alpha value is -0.890. The number of hydrogen-bond donors (Lipinski definition) is 0. The van der Waals surface area contributed by atoms with Gasteiger partial charge in [-0.2, -0.15) is 0 Å². The molecule has 0 aliphatic rings. The molecule has 0 fully saturated rings. The van der Waals surface area contributed by atoms with Crippen LogP contribution in [0.25, 0.3) is 11.1 Å². The Morgan fingerprint density at radius 1 is 0.944 bits per heavy atom. The van der Waals surface area contributed by atoms with Crippen LogP contribution in [-0.4, -0.2) is 6.61 Å². The van der Waals surface area contributed by atoms with E-state index in [2.05, 4.69) is 0 Å². The largest absolute Gasteiger partial charge is 0.492 e. The second-order valence-electron chi connectivity index (χ2n) is 3.66. The molecule has 1 nitrogen and oxygen atoms in total. The molecule has 0 saturated carbocycles. The predicted molar refractivity (Wildman–Crippen MR) is 78.1 cm³/mol. The molecular weight excluding hydrogens is 291 g/mol. The average Bonchev–Trinajstić information content (AvgIpc) is 2.40. The summed E-state index contributed by atoms with van der Waals surface area (Å²) in [5, 5.41) is 1.11. The molecule has 2 aromatic carbocycles. The Balaban J connectivity index is 2.61. The molecular formula is C14H11Cl3O. The Morgan fingerprint density at radius 2 is 1.61 bits per heavy atom. The highest BCUT2D eigenvalue weighted by Gasteiger charge is 2.16. The van der Waals surface area contributed by atoms with Crippen LogP contribution in [0, 0.1) is 0 Å². The summed E-state index contributed by atoms with van der Waals surface area (Å²) in [6, 6.07) is 11.6. The van der Waals surface area contributed by atoms with Gasteiger partial charge in [-0.05, 0) is 18.6 Å². The minimum atomic E-state index is 0.322. The maximum atomic E-state index is 6.23. The smallest absolute Gasteiger partial charge is 0.140 e. The van der Waals surface area contributed by atoms with Gasteiger partial charge in [-0.25, -0.2) is 0 Å². The van der Waals surface area contributed by atoms with Crippen LogP contribution in [-0.2, 0) is 0 Å². The standard InChI is InChI=1S/C14H11Cl3O/c1-2-18-11-8-10(9-6-4-3-5-7-9)12(15)14(17)13(11)16/h3-8H,2H2,1H3. The summed E-state index contributed by atoms with van der Waals surface area (Å²) in [5.74, 6) is 0.549. The van der Waals surface area contributed by atoms with Gasteiger partial charge in [0.15, 0.2) is 0 Å². The minimum Gasteiger partial charge on any atom is -0.492 e. The molecule has 0 aliphatic heterocycles. The lowest BCUT2D eigenvalue weighted by Crippen LogP contribution is -1.94. The van der Waals surface area contributed by atoms with Gasteiger partial charge in [0.05, 0.1) is 16.7 Å². The van der Waals surface area contributed by atoms with Crippen LogP contribution in [0.2, 0.25) is 15.1 Å². The third kappa shape index (κ3) is 2.59. The van der Waals surface area contributed by atoms with Crippen LogP contribution < -0.4 is 4.74 Å². The number of hydrogen-bond acceptors (Lipinski definition) is 1. The molecule has 0 unspecified atom stereocenters. The number of ether oxygens (including phenoxy) is 1. The lowest BCUT2D eigenvalue weighted by molar-refractivity contribution is 0.340. The Bertz CT molecular complexity index is 553. The predicted octanol–water partition coefficient (Wildman–Crippen LogP) is 5.71. The van der Waals surface area contributed by atoms with E-state index in [-0.39, 0.29) is 0 Å². The van der Waals surface area contributed by atoms with Crippen molar-refractivity contribution in [3.05, 3.63) is 51.5 Å². The highest BCUT2D eigenvalue weighted by Crippen LogP contribution is 2.43. The van der Waals surface area contributed by atoms with E-state index in [4.69, 9.17) is 39.5 Å². The highest BCUT2D eigenvalue weighted by atomic mass is 35.5. The van der Waals surface area contributed by atoms with Crippen molar-refractivity contribution in [2.24, 2.45) is 0 Å². The first kappa shape index (κ1) is 13.5. The van der Waals surface area contributed by atoms with Crippen molar-refractivity contribution in [2.45, 2.75) is 6.92 Å². The maximum absolute atomic E-state index is 6.23. The summed E-state index contributed by atoms with van der Waals surface area (Å²) in [7, 11) is 0. The number of halogens is 3. The lowest BCUT2D eigenvalue weighted by atomic mass is 10.1. The van der Waals surface area contributed by atoms with Gasteiger partial charge < -0.3 is 4.74 Å². The van der Waals surface area contributed by atoms with Crippen molar-refractivity contribution in [3.8, 4) is 16.9 Å². The van der Waals surface area contributed by atoms with Gasteiger partial charge in [0, 0.05) is 5.56 Å². The molecule has 2 rings (SSSR count). The third-order valence-corrected chi connectivity index (χ3v) is 3.84. The van der Waals surface area contributed by atoms with Crippen molar-refractivity contribution in [1.29, 1.82) is 0 Å². The molecule has 0 bridgehead atoms. The van der Waals surface area contributed by atoms with Crippen molar-refractivity contribution < 1.29 is 4.74 Å². The van der Waals surface area contributed by atoms with Crippen LogP contribution in [0.3, 0.4) is 0 Å². The molecule has 18 heavy (non-hydrogen) atoms. The first-order valence-corrected chi connectivity index (χ1v) is 6.64. The Kier molecular flexibility index (Phi) is 4.39. The minimum absolute atomic E-state index is 0.322. The van der Waals surface area contributed by atoms with Gasteiger partial charge in [0.25, 0.3) is 0 Å². The fourth-order valence-corrected chi connectivity index (χ4v) is 2.37. The van der Waals surface area contributed by atoms with E-state index in [1.165, 1.54) is 0 Å².